The highest BCUT2D eigenvalue weighted by atomic mass is 127. The Bertz CT molecular complexity index is 1390. The summed E-state index contributed by atoms with van der Waals surface area (Å²) in [7, 11) is 0. The fraction of sp³-hybridized carbons (Fsp3) is 0.458. The van der Waals surface area contributed by atoms with Crippen LogP contribution in [0.4, 0.5) is 18.9 Å². The van der Waals surface area contributed by atoms with E-state index in [1.165, 1.54) is 17.4 Å². The Kier molecular flexibility index (Phi) is 5.27. The van der Waals surface area contributed by atoms with E-state index in [2.05, 4.69) is 37.9 Å². The molecule has 0 saturated heterocycles. The zero-order valence-electron chi connectivity index (χ0n) is 23.7. The molecule has 2 heterocycles. The molecule has 34 heavy (non-hydrogen) atoms. The Labute approximate surface area is 221 Å². The van der Waals surface area contributed by atoms with Crippen molar-refractivity contribution in [3.8, 4) is 0 Å². The molecule has 2 N–H and O–H groups in total. The molecule has 0 spiro atoms. The first-order chi connectivity index (χ1) is 18.5. The summed E-state index contributed by atoms with van der Waals surface area (Å²) in [6.45, 7) is -6.95. The molecular formula is C24H25F3IN3O2S. The largest absolute Gasteiger partial charge is 0.433 e. The number of thiazole rings is 1. The summed E-state index contributed by atoms with van der Waals surface area (Å²) in [6, 6.07) is 5.12. The number of carbonyl (C=O) groups is 1. The zero-order valence-corrected chi connectivity index (χ0v) is 20.7. The van der Waals surface area contributed by atoms with Crippen LogP contribution in [0.15, 0.2) is 30.3 Å². The summed E-state index contributed by atoms with van der Waals surface area (Å²) in [5, 5.41) is 14.3. The van der Waals surface area contributed by atoms with Crippen molar-refractivity contribution in [2.45, 2.75) is 57.1 Å². The highest BCUT2D eigenvalue weighted by Gasteiger charge is 2.33. The quantitative estimate of drug-likeness (QED) is 0.244. The van der Waals surface area contributed by atoms with Crippen LogP contribution in [0.5, 0.6) is 0 Å². The minimum Gasteiger partial charge on any atom is -0.386 e. The van der Waals surface area contributed by atoms with Gasteiger partial charge in [0.05, 0.1) is 20.8 Å². The van der Waals surface area contributed by atoms with E-state index in [-0.39, 0.29) is 17.1 Å². The lowest BCUT2D eigenvalue weighted by molar-refractivity contribution is -0.141. The standard InChI is InChI=1S/C24H25F3IN3O2S/c1-23(2,33)15-10-18-19(34-22(31-18)14-8-6-13(12-28)7-9-14)11-17(15)30-21(32)16-4-3-5-20(29-16)24(25,26)27/h3-5,10-11,13-14,33H,6-9,12H2,1-2H3,(H,30,32)/i1D3,2D3. The van der Waals surface area contributed by atoms with Gasteiger partial charge in [-0.3, -0.25) is 4.79 Å². The van der Waals surface area contributed by atoms with E-state index in [1.807, 2.05) is 0 Å². The first-order valence-corrected chi connectivity index (χ1v) is 12.9. The van der Waals surface area contributed by atoms with Crippen LogP contribution in [0.1, 0.15) is 80.3 Å². The Hall–Kier alpha value is -1.79. The van der Waals surface area contributed by atoms with Crippen LogP contribution in [0.2, 0.25) is 0 Å². The number of hydrogen-bond donors (Lipinski definition) is 2. The van der Waals surface area contributed by atoms with Gasteiger partial charge in [-0.25, -0.2) is 9.97 Å². The summed E-state index contributed by atoms with van der Waals surface area (Å²) in [5.74, 6) is -0.374. The van der Waals surface area contributed by atoms with Crippen LogP contribution >= 0.6 is 33.9 Å². The Balaban J connectivity index is 1.83. The van der Waals surface area contributed by atoms with Gasteiger partial charge < -0.3 is 10.4 Å². The second kappa shape index (κ2) is 9.69. The number of fused-ring (bicyclic) bond motifs is 1. The number of halogens is 4. The predicted octanol–water partition coefficient (Wildman–Crippen LogP) is 6.90. The molecule has 2 aromatic heterocycles. The van der Waals surface area contributed by atoms with Gasteiger partial charge >= 0.3 is 6.18 Å². The van der Waals surface area contributed by atoms with Crippen molar-refractivity contribution in [2.75, 3.05) is 9.74 Å². The number of nitrogens with one attached hydrogen (secondary N) is 1. The van der Waals surface area contributed by atoms with Crippen molar-refractivity contribution in [3.63, 3.8) is 0 Å². The lowest BCUT2D eigenvalue weighted by atomic mass is 9.83. The third kappa shape index (κ3) is 5.54. The van der Waals surface area contributed by atoms with Crippen molar-refractivity contribution in [2.24, 2.45) is 5.92 Å². The molecule has 0 atom stereocenters. The molecule has 0 aliphatic heterocycles. The molecule has 182 valence electrons. The highest BCUT2D eigenvalue weighted by molar-refractivity contribution is 14.1. The Morgan fingerprint density at radius 1 is 1.24 bits per heavy atom. The van der Waals surface area contributed by atoms with Crippen LogP contribution < -0.4 is 5.32 Å². The fourth-order valence-electron chi connectivity index (χ4n) is 4.04. The number of rotatable bonds is 5. The van der Waals surface area contributed by atoms with Gasteiger partial charge in [0.15, 0.2) is 0 Å². The summed E-state index contributed by atoms with van der Waals surface area (Å²) >= 11 is 3.66. The zero-order chi connectivity index (χ0) is 29.7. The van der Waals surface area contributed by atoms with Crippen molar-refractivity contribution in [3.05, 3.63) is 52.3 Å². The lowest BCUT2D eigenvalue weighted by Gasteiger charge is -2.25. The van der Waals surface area contributed by atoms with E-state index < -0.39 is 48.3 Å². The molecule has 1 saturated carbocycles. The molecule has 0 radical (unpaired) electrons. The Morgan fingerprint density at radius 3 is 2.62 bits per heavy atom. The summed E-state index contributed by atoms with van der Waals surface area (Å²) in [4.78, 5) is 21.0. The molecule has 1 aromatic carbocycles. The number of nitrogens with zero attached hydrogens (tertiary/aromatic N) is 2. The maximum absolute atomic E-state index is 13.2. The molecule has 5 nitrogen and oxygen atoms in total. The van der Waals surface area contributed by atoms with Gasteiger partial charge in [-0.1, -0.05) is 28.7 Å². The molecule has 4 rings (SSSR count). The van der Waals surface area contributed by atoms with E-state index in [1.54, 1.807) is 0 Å². The SMILES string of the molecule is [2H]C([2H])([2H])C(O)(c1cc2nc(C3CCC(CI)CC3)sc2cc1NC(=O)c1cccc(C(F)(F)F)n1)C([2H])([2H])[2H]. The van der Waals surface area contributed by atoms with Crippen LogP contribution in [0, 0.1) is 5.92 Å². The predicted molar refractivity (Wildman–Crippen MR) is 136 cm³/mol. The van der Waals surface area contributed by atoms with Crippen LogP contribution in [0.25, 0.3) is 10.2 Å². The van der Waals surface area contributed by atoms with E-state index in [4.69, 9.17) is 8.22 Å². The van der Waals surface area contributed by atoms with Crippen molar-refractivity contribution >= 4 is 55.7 Å². The van der Waals surface area contributed by atoms with E-state index in [9.17, 15) is 23.1 Å². The van der Waals surface area contributed by atoms with E-state index in [0.717, 1.165) is 53.3 Å². The molecule has 10 heteroatoms. The first kappa shape index (κ1) is 18.5. The molecule has 0 bridgehead atoms. The number of alkyl halides is 4. The molecule has 0 unspecified atom stereocenters. The fourth-order valence-corrected chi connectivity index (χ4v) is 6.08. The molecule has 3 aromatic rings. The van der Waals surface area contributed by atoms with Crippen molar-refractivity contribution < 1.29 is 31.3 Å². The molecular weight excluding hydrogens is 578 g/mol. The average molecular weight is 609 g/mol. The van der Waals surface area contributed by atoms with Gasteiger partial charge in [0.2, 0.25) is 0 Å². The maximum atomic E-state index is 13.2. The molecule has 1 aliphatic carbocycles. The van der Waals surface area contributed by atoms with Gasteiger partial charge in [-0.15, -0.1) is 11.3 Å². The van der Waals surface area contributed by atoms with Gasteiger partial charge in [0, 0.05) is 29.8 Å². The van der Waals surface area contributed by atoms with Crippen LogP contribution in [-0.4, -0.2) is 25.4 Å². The number of carbonyl (C=O) groups excluding carboxylic acids is 1. The van der Waals surface area contributed by atoms with E-state index >= 15 is 0 Å². The molecule has 1 amide bonds. The second-order valence-corrected chi connectivity index (χ2v) is 10.3. The number of amides is 1. The highest BCUT2D eigenvalue weighted by Crippen LogP contribution is 2.41. The monoisotopic (exact) mass is 609 g/mol. The van der Waals surface area contributed by atoms with Gasteiger partial charge in [0.25, 0.3) is 5.91 Å². The second-order valence-electron chi connectivity index (χ2n) is 8.36. The van der Waals surface area contributed by atoms with Gasteiger partial charge in [0.1, 0.15) is 11.4 Å². The lowest BCUT2D eigenvalue weighted by Crippen LogP contribution is -2.22. The number of aliphatic hydroxyl groups is 1. The number of anilines is 1. The van der Waals surface area contributed by atoms with Crippen LogP contribution in [0.3, 0.4) is 0 Å². The minimum atomic E-state index is -4.82. The summed E-state index contributed by atoms with van der Waals surface area (Å²) in [5.41, 5.74) is -6.17. The summed E-state index contributed by atoms with van der Waals surface area (Å²) < 4.78 is 88.3. The first-order valence-electron chi connectivity index (χ1n) is 13.5. The molecule has 1 aliphatic rings. The minimum absolute atomic E-state index is 0.150. The third-order valence-corrected chi connectivity index (χ3v) is 8.29. The van der Waals surface area contributed by atoms with Crippen LogP contribution in [-0.2, 0) is 11.8 Å². The third-order valence-electron chi connectivity index (χ3n) is 5.87. The normalized spacial score (nSPS) is 22.7. The number of aromatic nitrogens is 2. The smallest absolute Gasteiger partial charge is 0.386 e. The number of hydrogen-bond acceptors (Lipinski definition) is 5. The molecule has 1 fully saturated rings. The number of benzene rings is 1. The summed E-state index contributed by atoms with van der Waals surface area (Å²) in [6.07, 6.45) is -0.965. The van der Waals surface area contributed by atoms with Gasteiger partial charge in [-0.2, -0.15) is 13.2 Å². The van der Waals surface area contributed by atoms with Crippen molar-refractivity contribution in [1.29, 1.82) is 0 Å². The maximum Gasteiger partial charge on any atom is 0.433 e. The average Bonchev–Trinajstić information content (AvgIpc) is 3.29. The van der Waals surface area contributed by atoms with Crippen molar-refractivity contribution in [1.82, 2.24) is 9.97 Å². The topological polar surface area (TPSA) is 75.1 Å². The van der Waals surface area contributed by atoms with E-state index in [0.29, 0.717) is 16.7 Å². The van der Waals surface area contributed by atoms with Gasteiger partial charge in [-0.05, 0) is 69.6 Å². The number of pyridine rings is 1. The Morgan fingerprint density at radius 2 is 1.97 bits per heavy atom.